The van der Waals surface area contributed by atoms with Crippen LogP contribution in [0.4, 0.5) is 14.5 Å². The lowest BCUT2D eigenvalue weighted by molar-refractivity contribution is 0.102. The maximum absolute atomic E-state index is 15.3. The molecule has 0 spiro atoms. The fourth-order valence-electron chi connectivity index (χ4n) is 4.68. The van der Waals surface area contributed by atoms with Crippen molar-refractivity contribution in [2.45, 2.75) is 6.92 Å². The highest BCUT2D eigenvalue weighted by Gasteiger charge is 2.26. The summed E-state index contributed by atoms with van der Waals surface area (Å²) in [5.41, 5.74) is -0.198. The molecule has 224 valence electrons. The summed E-state index contributed by atoms with van der Waals surface area (Å²) in [6, 6.07) is 12.0. The number of fused-ring (bicyclic) bond motifs is 3. The number of carbonyl (C=O) groups is 1. The van der Waals surface area contributed by atoms with E-state index in [0.29, 0.717) is 40.4 Å². The average molecular weight is 603 g/mol. The molecule has 0 bridgehead atoms. The molecular formula is C31H24F2N4O7. The predicted octanol–water partition coefficient (Wildman–Crippen LogP) is 5.28. The van der Waals surface area contributed by atoms with Crippen molar-refractivity contribution in [2.24, 2.45) is 0 Å². The van der Waals surface area contributed by atoms with Gasteiger partial charge in [0.05, 0.1) is 19.2 Å². The largest absolute Gasteiger partial charge is 0.493 e. The topological polar surface area (TPSA) is 123 Å². The summed E-state index contributed by atoms with van der Waals surface area (Å²) in [6.45, 7) is 2.48. The van der Waals surface area contributed by atoms with Gasteiger partial charge in [-0.2, -0.15) is 0 Å². The van der Waals surface area contributed by atoms with Gasteiger partial charge in [-0.25, -0.2) is 18.7 Å². The molecule has 1 N–H and O–H groups in total. The zero-order valence-corrected chi connectivity index (χ0v) is 23.4. The molecular weight excluding hydrogens is 578 g/mol. The van der Waals surface area contributed by atoms with Crippen LogP contribution in [0.5, 0.6) is 34.6 Å². The summed E-state index contributed by atoms with van der Waals surface area (Å²) < 4.78 is 58.2. The Balaban J connectivity index is 1.30. The molecule has 44 heavy (non-hydrogen) atoms. The number of benzene rings is 3. The highest BCUT2D eigenvalue weighted by Crippen LogP contribution is 2.47. The number of rotatable bonds is 8. The van der Waals surface area contributed by atoms with E-state index >= 15 is 4.39 Å². The molecule has 1 aliphatic rings. The first-order valence-electron chi connectivity index (χ1n) is 13.4. The zero-order valence-electron chi connectivity index (χ0n) is 23.4. The minimum Gasteiger partial charge on any atom is -0.493 e. The van der Waals surface area contributed by atoms with Crippen molar-refractivity contribution in [2.75, 3.05) is 32.2 Å². The van der Waals surface area contributed by atoms with Crippen LogP contribution in [-0.2, 0) is 0 Å². The van der Waals surface area contributed by atoms with E-state index in [9.17, 15) is 14.0 Å². The number of anilines is 1. The van der Waals surface area contributed by atoms with Crippen LogP contribution in [0.15, 0.2) is 71.9 Å². The molecule has 0 radical (unpaired) electrons. The number of nitrogens with one attached hydrogen (secondary N) is 1. The van der Waals surface area contributed by atoms with Crippen molar-refractivity contribution in [1.29, 1.82) is 0 Å². The molecule has 3 heterocycles. The Kier molecular flexibility index (Phi) is 7.67. The summed E-state index contributed by atoms with van der Waals surface area (Å²) in [5.74, 6) is -1.19. The number of hydrogen-bond acceptors (Lipinski definition) is 9. The quantitative estimate of drug-likeness (QED) is 0.253. The lowest BCUT2D eigenvalue weighted by atomic mass is 10.1. The van der Waals surface area contributed by atoms with Crippen LogP contribution in [0.25, 0.3) is 16.6 Å². The summed E-state index contributed by atoms with van der Waals surface area (Å²) in [6.07, 6.45) is 2.68. The first kappa shape index (κ1) is 28.4. The summed E-state index contributed by atoms with van der Waals surface area (Å²) in [4.78, 5) is 35.1. The van der Waals surface area contributed by atoms with E-state index in [-0.39, 0.29) is 41.8 Å². The van der Waals surface area contributed by atoms with Crippen molar-refractivity contribution >= 4 is 22.5 Å². The number of halogens is 2. The van der Waals surface area contributed by atoms with Crippen molar-refractivity contribution in [3.05, 3.63) is 94.7 Å². The van der Waals surface area contributed by atoms with Gasteiger partial charge in [0, 0.05) is 29.7 Å². The fourth-order valence-corrected chi connectivity index (χ4v) is 4.68. The van der Waals surface area contributed by atoms with Gasteiger partial charge >= 0.3 is 0 Å². The lowest BCUT2D eigenvalue weighted by Crippen LogP contribution is -2.29. The molecule has 11 nitrogen and oxygen atoms in total. The van der Waals surface area contributed by atoms with Gasteiger partial charge in [-0.15, -0.1) is 0 Å². The molecule has 0 fully saturated rings. The van der Waals surface area contributed by atoms with Crippen LogP contribution in [0.2, 0.25) is 0 Å². The molecule has 6 rings (SSSR count). The third kappa shape index (κ3) is 5.30. The molecule has 13 heteroatoms. The molecule has 1 aliphatic heterocycles. The highest BCUT2D eigenvalue weighted by molar-refractivity contribution is 6.06. The molecule has 0 saturated heterocycles. The van der Waals surface area contributed by atoms with Gasteiger partial charge in [-0.3, -0.25) is 14.2 Å². The molecule has 3 aromatic carbocycles. The smallest absolute Gasteiger partial charge is 0.271 e. The summed E-state index contributed by atoms with van der Waals surface area (Å²) in [7, 11) is 1.49. The normalized spacial score (nSPS) is 12.1. The van der Waals surface area contributed by atoms with Crippen molar-refractivity contribution < 1.29 is 37.3 Å². The second-order valence-corrected chi connectivity index (χ2v) is 9.35. The summed E-state index contributed by atoms with van der Waals surface area (Å²) in [5, 5.41) is 2.90. The number of pyridine rings is 1. The van der Waals surface area contributed by atoms with Crippen LogP contribution in [0.1, 0.15) is 17.3 Å². The monoisotopic (exact) mass is 602 g/mol. The molecule has 0 aliphatic carbocycles. The van der Waals surface area contributed by atoms with E-state index in [1.165, 1.54) is 66.7 Å². The van der Waals surface area contributed by atoms with Crippen LogP contribution in [-0.4, -0.2) is 47.4 Å². The Morgan fingerprint density at radius 2 is 1.75 bits per heavy atom. The highest BCUT2D eigenvalue weighted by atomic mass is 19.1. The minimum atomic E-state index is -0.831. The molecule has 5 aromatic rings. The predicted molar refractivity (Wildman–Crippen MR) is 155 cm³/mol. The first-order chi connectivity index (χ1) is 21.4. The molecule has 1 amide bonds. The van der Waals surface area contributed by atoms with Crippen LogP contribution >= 0.6 is 0 Å². The van der Waals surface area contributed by atoms with Gasteiger partial charge in [0.15, 0.2) is 23.1 Å². The van der Waals surface area contributed by atoms with E-state index in [2.05, 4.69) is 15.3 Å². The Morgan fingerprint density at radius 1 is 0.977 bits per heavy atom. The van der Waals surface area contributed by atoms with E-state index in [1.54, 1.807) is 13.0 Å². The van der Waals surface area contributed by atoms with Gasteiger partial charge in [0.1, 0.15) is 42.1 Å². The summed E-state index contributed by atoms with van der Waals surface area (Å²) >= 11 is 0. The van der Waals surface area contributed by atoms with Gasteiger partial charge in [0.2, 0.25) is 11.6 Å². The number of methoxy groups -OCH3 is 1. The second kappa shape index (κ2) is 11.9. The lowest BCUT2D eigenvalue weighted by Gasteiger charge is -2.22. The maximum Gasteiger partial charge on any atom is 0.271 e. The molecule has 0 atom stereocenters. The zero-order chi connectivity index (χ0) is 30.8. The van der Waals surface area contributed by atoms with Gasteiger partial charge in [0.25, 0.3) is 11.5 Å². The van der Waals surface area contributed by atoms with Crippen LogP contribution < -0.4 is 34.6 Å². The average Bonchev–Trinajstić information content (AvgIpc) is 3.02. The Labute approximate surface area is 248 Å². The third-order valence-corrected chi connectivity index (χ3v) is 6.64. The standard InChI is InChI=1S/C31H24F2N4O7/c1-3-41-23-10-11-37(19-7-4-17(32)5-8-19)31(39)26(23)29(38)36-18-6-9-22(20(33)14-18)44-30-25-21(34-16-35-30)15-24(40-2)27-28(25)43-13-12-42-27/h4-11,14-16H,3,12-13H2,1-2H3,(H,36,38). The number of amides is 1. The van der Waals surface area contributed by atoms with Crippen molar-refractivity contribution in [1.82, 2.24) is 14.5 Å². The maximum atomic E-state index is 15.3. The Hall–Kier alpha value is -5.72. The Morgan fingerprint density at radius 3 is 2.48 bits per heavy atom. The molecule has 0 unspecified atom stereocenters. The molecule has 2 aromatic heterocycles. The van der Waals surface area contributed by atoms with E-state index in [1.807, 2.05) is 0 Å². The first-order valence-corrected chi connectivity index (χ1v) is 13.4. The van der Waals surface area contributed by atoms with Gasteiger partial charge < -0.3 is 29.0 Å². The van der Waals surface area contributed by atoms with Gasteiger partial charge in [-0.1, -0.05) is 0 Å². The van der Waals surface area contributed by atoms with Crippen LogP contribution in [0.3, 0.4) is 0 Å². The number of aromatic nitrogens is 3. The van der Waals surface area contributed by atoms with Crippen molar-refractivity contribution in [3.63, 3.8) is 0 Å². The van der Waals surface area contributed by atoms with E-state index in [4.69, 9.17) is 23.7 Å². The number of carbonyl (C=O) groups excluding carboxylic acids is 1. The Bertz CT molecular complexity index is 1950. The van der Waals surface area contributed by atoms with Crippen LogP contribution in [0, 0.1) is 11.6 Å². The second-order valence-electron chi connectivity index (χ2n) is 9.35. The van der Waals surface area contributed by atoms with E-state index in [0.717, 1.165) is 6.07 Å². The fraction of sp³-hybridized carbons (Fsp3) is 0.161. The number of hydrogen-bond donors (Lipinski definition) is 1. The number of ether oxygens (including phenoxy) is 5. The molecule has 0 saturated carbocycles. The van der Waals surface area contributed by atoms with E-state index < -0.39 is 23.1 Å². The SMILES string of the molecule is CCOc1ccn(-c2ccc(F)cc2)c(=O)c1C(=O)Nc1ccc(Oc2ncnc3cc(OC)c4c(c23)OCCO4)c(F)c1. The third-order valence-electron chi connectivity index (χ3n) is 6.64. The minimum absolute atomic E-state index is 0.0158. The van der Waals surface area contributed by atoms with Crippen molar-refractivity contribution in [3.8, 4) is 40.3 Å². The van der Waals surface area contributed by atoms with Gasteiger partial charge in [-0.05, 0) is 49.4 Å². The number of nitrogens with zero attached hydrogens (tertiary/aromatic N) is 3.